The average molecular weight is 364 g/mol. The summed E-state index contributed by atoms with van der Waals surface area (Å²) >= 11 is 3.39. The third kappa shape index (κ3) is 4.19. The van der Waals surface area contributed by atoms with Gasteiger partial charge >= 0.3 is 0 Å². The minimum atomic E-state index is -0.451. The van der Waals surface area contributed by atoms with E-state index >= 15 is 0 Å². The number of carbonyl (C=O) groups is 1. The number of ether oxygens (including phenoxy) is 1. The van der Waals surface area contributed by atoms with Gasteiger partial charge in [-0.05, 0) is 30.5 Å². The molecule has 0 aliphatic carbocycles. The maximum Gasteiger partial charge on any atom is 0.227 e. The van der Waals surface area contributed by atoms with Crippen LogP contribution in [0.15, 0.2) is 28.7 Å². The van der Waals surface area contributed by atoms with Gasteiger partial charge in [0.25, 0.3) is 0 Å². The van der Waals surface area contributed by atoms with Crippen molar-refractivity contribution < 1.29 is 9.53 Å². The van der Waals surface area contributed by atoms with Gasteiger partial charge in [-0.25, -0.2) is 0 Å². The normalized spacial score (nSPS) is 17.1. The Morgan fingerprint density at radius 1 is 1.30 bits per heavy atom. The third-order valence-electron chi connectivity index (χ3n) is 3.69. The smallest absolute Gasteiger partial charge is 0.227 e. The lowest BCUT2D eigenvalue weighted by atomic mass is 9.79. The fourth-order valence-corrected chi connectivity index (χ4v) is 2.52. The highest BCUT2D eigenvalue weighted by Gasteiger charge is 2.38. The molecule has 0 aromatic heterocycles. The van der Waals surface area contributed by atoms with Crippen molar-refractivity contribution >= 4 is 34.2 Å². The second kappa shape index (κ2) is 7.98. The Hall–Kier alpha value is -0.620. The van der Waals surface area contributed by atoms with E-state index in [1.165, 1.54) is 0 Å². The minimum Gasteiger partial charge on any atom is -0.381 e. The van der Waals surface area contributed by atoms with Crippen LogP contribution in [-0.4, -0.2) is 25.7 Å². The van der Waals surface area contributed by atoms with Crippen molar-refractivity contribution in [3.05, 3.63) is 34.3 Å². The molecule has 4 nitrogen and oxygen atoms in total. The minimum absolute atomic E-state index is 0. The van der Waals surface area contributed by atoms with Crippen molar-refractivity contribution in [3.63, 3.8) is 0 Å². The Morgan fingerprint density at radius 2 is 1.90 bits per heavy atom. The number of amides is 1. The first-order valence-corrected chi connectivity index (χ1v) is 7.26. The van der Waals surface area contributed by atoms with Gasteiger partial charge in [-0.2, -0.15) is 0 Å². The highest BCUT2D eigenvalue weighted by molar-refractivity contribution is 9.10. The molecule has 0 saturated carbocycles. The molecular weight excluding hydrogens is 344 g/mol. The highest BCUT2D eigenvalue weighted by Crippen LogP contribution is 2.29. The fraction of sp³-hybridized carbons (Fsp3) is 0.500. The first-order valence-electron chi connectivity index (χ1n) is 6.47. The van der Waals surface area contributed by atoms with Gasteiger partial charge in [0, 0.05) is 30.8 Å². The molecule has 0 spiro atoms. The Bertz CT molecular complexity index is 433. The van der Waals surface area contributed by atoms with Crippen LogP contribution in [0.5, 0.6) is 0 Å². The van der Waals surface area contributed by atoms with E-state index in [0.717, 1.165) is 10.0 Å². The average Bonchev–Trinajstić information content (AvgIpc) is 2.47. The topological polar surface area (TPSA) is 64.4 Å². The van der Waals surface area contributed by atoms with Crippen LogP contribution in [0.25, 0.3) is 0 Å². The quantitative estimate of drug-likeness (QED) is 0.862. The first-order chi connectivity index (χ1) is 9.16. The van der Waals surface area contributed by atoms with Gasteiger partial charge in [0.1, 0.15) is 0 Å². The van der Waals surface area contributed by atoms with Crippen LogP contribution in [0.2, 0.25) is 0 Å². The van der Waals surface area contributed by atoms with Crippen molar-refractivity contribution in [1.82, 2.24) is 5.32 Å². The summed E-state index contributed by atoms with van der Waals surface area (Å²) in [5.74, 6) is 0.0428. The van der Waals surface area contributed by atoms with Gasteiger partial charge in [-0.15, -0.1) is 12.4 Å². The molecule has 1 aliphatic rings. The molecule has 0 bridgehead atoms. The van der Waals surface area contributed by atoms with E-state index in [-0.39, 0.29) is 18.3 Å². The maximum atomic E-state index is 12.3. The van der Waals surface area contributed by atoms with Crippen LogP contribution in [0, 0.1) is 5.41 Å². The van der Waals surface area contributed by atoms with Crippen molar-refractivity contribution in [1.29, 1.82) is 0 Å². The van der Waals surface area contributed by atoms with Crippen molar-refractivity contribution in [2.24, 2.45) is 11.1 Å². The molecule has 2 rings (SSSR count). The van der Waals surface area contributed by atoms with Crippen LogP contribution < -0.4 is 11.1 Å². The van der Waals surface area contributed by atoms with Gasteiger partial charge in [0.15, 0.2) is 0 Å². The first kappa shape index (κ1) is 17.4. The second-order valence-electron chi connectivity index (χ2n) is 4.91. The summed E-state index contributed by atoms with van der Waals surface area (Å²) in [6, 6.07) is 7.91. The number of nitrogens with one attached hydrogen (secondary N) is 1. The zero-order valence-corrected chi connectivity index (χ0v) is 13.6. The molecule has 3 N–H and O–H groups in total. The van der Waals surface area contributed by atoms with Crippen LogP contribution in [-0.2, 0) is 16.1 Å². The number of hydrogen-bond acceptors (Lipinski definition) is 3. The highest BCUT2D eigenvalue weighted by atomic mass is 79.9. The van der Waals surface area contributed by atoms with Gasteiger partial charge in [-0.1, -0.05) is 28.1 Å². The molecule has 1 fully saturated rings. The molecular formula is C14H20BrClN2O2. The number of benzene rings is 1. The summed E-state index contributed by atoms with van der Waals surface area (Å²) in [6.07, 6.45) is 1.41. The monoisotopic (exact) mass is 362 g/mol. The van der Waals surface area contributed by atoms with Gasteiger partial charge in [0.05, 0.1) is 5.41 Å². The van der Waals surface area contributed by atoms with E-state index < -0.39 is 5.41 Å². The predicted octanol–water partition coefficient (Wildman–Crippen LogP) is 2.24. The lowest BCUT2D eigenvalue weighted by Gasteiger charge is -2.34. The molecule has 1 amide bonds. The lowest BCUT2D eigenvalue weighted by molar-refractivity contribution is -0.136. The summed E-state index contributed by atoms with van der Waals surface area (Å²) in [5, 5.41) is 2.99. The van der Waals surface area contributed by atoms with Crippen LogP contribution in [0.3, 0.4) is 0 Å². The van der Waals surface area contributed by atoms with E-state index in [2.05, 4.69) is 21.2 Å². The molecule has 1 aromatic rings. The van der Waals surface area contributed by atoms with E-state index in [1.54, 1.807) is 0 Å². The maximum absolute atomic E-state index is 12.3. The van der Waals surface area contributed by atoms with Crippen LogP contribution in [0.4, 0.5) is 0 Å². The number of hydrogen-bond donors (Lipinski definition) is 2. The molecule has 0 unspecified atom stereocenters. The number of halogens is 2. The predicted molar refractivity (Wildman–Crippen MR) is 84.8 cm³/mol. The zero-order valence-electron chi connectivity index (χ0n) is 11.2. The summed E-state index contributed by atoms with van der Waals surface area (Å²) in [6.45, 7) is 2.14. The Morgan fingerprint density at radius 3 is 2.45 bits per heavy atom. The SMILES string of the molecule is Cl.NCC1(C(=O)NCc2ccc(Br)cc2)CCOCC1. The number of nitrogens with two attached hydrogens (primary N) is 1. The van der Waals surface area contributed by atoms with Crippen molar-refractivity contribution in [2.75, 3.05) is 19.8 Å². The van der Waals surface area contributed by atoms with E-state index in [9.17, 15) is 4.79 Å². The largest absolute Gasteiger partial charge is 0.381 e. The van der Waals surface area contributed by atoms with Gasteiger partial charge < -0.3 is 15.8 Å². The Labute approximate surface area is 134 Å². The summed E-state index contributed by atoms with van der Waals surface area (Å²) < 4.78 is 6.34. The summed E-state index contributed by atoms with van der Waals surface area (Å²) in [5.41, 5.74) is 6.43. The van der Waals surface area contributed by atoms with Gasteiger partial charge in [0.2, 0.25) is 5.91 Å². The molecule has 1 aliphatic heterocycles. The number of carbonyl (C=O) groups excluding carboxylic acids is 1. The molecule has 20 heavy (non-hydrogen) atoms. The van der Waals surface area contributed by atoms with E-state index in [0.29, 0.717) is 39.1 Å². The molecule has 1 aromatic carbocycles. The molecule has 0 radical (unpaired) electrons. The molecule has 6 heteroatoms. The van der Waals surface area contributed by atoms with Crippen molar-refractivity contribution in [2.45, 2.75) is 19.4 Å². The molecule has 1 heterocycles. The molecule has 1 saturated heterocycles. The lowest BCUT2D eigenvalue weighted by Crippen LogP contribution is -2.48. The van der Waals surface area contributed by atoms with E-state index in [1.807, 2.05) is 24.3 Å². The van der Waals surface area contributed by atoms with Crippen LogP contribution in [0.1, 0.15) is 18.4 Å². The third-order valence-corrected chi connectivity index (χ3v) is 4.22. The summed E-state index contributed by atoms with van der Waals surface area (Å²) in [7, 11) is 0. The van der Waals surface area contributed by atoms with Gasteiger partial charge in [-0.3, -0.25) is 4.79 Å². The number of rotatable bonds is 4. The Balaban J connectivity index is 0.00000200. The van der Waals surface area contributed by atoms with Crippen LogP contribution >= 0.6 is 28.3 Å². The summed E-state index contributed by atoms with van der Waals surface area (Å²) in [4.78, 5) is 12.3. The molecule has 112 valence electrons. The van der Waals surface area contributed by atoms with E-state index in [4.69, 9.17) is 10.5 Å². The standard InChI is InChI=1S/C14H19BrN2O2.ClH/c15-12-3-1-11(2-4-12)9-17-13(18)14(10-16)5-7-19-8-6-14;/h1-4H,5-10,16H2,(H,17,18);1H. The van der Waals surface area contributed by atoms with Crippen molar-refractivity contribution in [3.8, 4) is 0 Å². The molecule has 0 atom stereocenters. The fourth-order valence-electron chi connectivity index (χ4n) is 2.26. The zero-order chi connectivity index (χ0) is 13.7. The second-order valence-corrected chi connectivity index (χ2v) is 5.82. The Kier molecular flexibility index (Phi) is 6.95.